The Balaban J connectivity index is 0. The van der Waals surface area contributed by atoms with Crippen molar-refractivity contribution >= 4 is 5.78 Å². The van der Waals surface area contributed by atoms with Crippen LogP contribution in [0.3, 0.4) is 0 Å². The van der Waals surface area contributed by atoms with Gasteiger partial charge in [0, 0.05) is 12.5 Å². The second-order valence-electron chi connectivity index (χ2n) is 5.34. The Morgan fingerprint density at radius 1 is 0.944 bits per heavy atom. The Bertz CT molecular complexity index is 166. The van der Waals surface area contributed by atoms with Crippen LogP contribution in [-0.2, 0) is 4.79 Å². The number of hydrogen-bond donors (Lipinski definition) is 1. The van der Waals surface area contributed by atoms with Crippen LogP contribution in [0.2, 0.25) is 0 Å². The van der Waals surface area contributed by atoms with E-state index in [0.29, 0.717) is 11.8 Å². The number of unbranched alkanes of at least 4 members (excludes halogenated alkanes) is 6. The van der Waals surface area contributed by atoms with E-state index >= 15 is 0 Å². The summed E-state index contributed by atoms with van der Waals surface area (Å²) in [5.41, 5.74) is 5.57. The highest BCUT2D eigenvalue weighted by Crippen LogP contribution is 2.03. The van der Waals surface area contributed by atoms with Crippen LogP contribution in [0, 0.1) is 0 Å². The van der Waals surface area contributed by atoms with Crippen molar-refractivity contribution in [1.29, 1.82) is 0 Å². The molecule has 0 rings (SSSR count). The average Bonchev–Trinajstić information content (AvgIpc) is 2.31. The van der Waals surface area contributed by atoms with Crippen molar-refractivity contribution in [3.63, 3.8) is 0 Å². The van der Waals surface area contributed by atoms with Gasteiger partial charge in [-0.1, -0.05) is 58.8 Å². The van der Waals surface area contributed by atoms with Gasteiger partial charge in [-0.15, -0.1) is 0 Å². The Labute approximate surface area is 115 Å². The monoisotopic (exact) mass is 257 g/mol. The second kappa shape index (κ2) is 16.6. The summed E-state index contributed by atoms with van der Waals surface area (Å²) in [5.74, 6) is 0.325. The summed E-state index contributed by atoms with van der Waals surface area (Å²) in [7, 11) is 0. The third kappa shape index (κ3) is 24.7. The minimum atomic E-state index is 0.325. The van der Waals surface area contributed by atoms with Gasteiger partial charge in [0.2, 0.25) is 0 Å². The highest BCUT2D eigenvalue weighted by Gasteiger charge is 1.92. The van der Waals surface area contributed by atoms with E-state index in [4.69, 9.17) is 5.73 Å². The first-order valence-electron chi connectivity index (χ1n) is 7.79. The van der Waals surface area contributed by atoms with E-state index < -0.39 is 0 Å². The van der Waals surface area contributed by atoms with Gasteiger partial charge in [-0.25, -0.2) is 0 Å². The molecule has 0 aromatic carbocycles. The molecule has 0 aliphatic carbocycles. The normalized spacial score (nSPS) is 11.6. The molecule has 0 bridgehead atoms. The van der Waals surface area contributed by atoms with Gasteiger partial charge in [0.15, 0.2) is 0 Å². The first-order valence-corrected chi connectivity index (χ1v) is 7.79. The van der Waals surface area contributed by atoms with Crippen molar-refractivity contribution in [2.75, 3.05) is 0 Å². The van der Waals surface area contributed by atoms with E-state index in [1.165, 1.54) is 51.4 Å². The van der Waals surface area contributed by atoms with Crippen LogP contribution < -0.4 is 5.73 Å². The lowest BCUT2D eigenvalue weighted by Gasteiger charge is -2.02. The molecule has 0 unspecified atom stereocenters. The fraction of sp³-hybridized carbons (Fsp3) is 0.938. The molecule has 0 spiro atoms. The first-order chi connectivity index (χ1) is 8.54. The fourth-order valence-electron chi connectivity index (χ4n) is 1.69. The van der Waals surface area contributed by atoms with Gasteiger partial charge >= 0.3 is 0 Å². The molecule has 110 valence electrons. The zero-order valence-electron chi connectivity index (χ0n) is 13.1. The van der Waals surface area contributed by atoms with Crippen LogP contribution in [0.5, 0.6) is 0 Å². The Morgan fingerprint density at radius 3 is 1.83 bits per heavy atom. The molecular weight excluding hydrogens is 222 g/mol. The van der Waals surface area contributed by atoms with Crippen LogP contribution in [0.1, 0.15) is 91.9 Å². The number of ketones is 1. The minimum absolute atomic E-state index is 0.325. The van der Waals surface area contributed by atoms with Crippen LogP contribution in [0.15, 0.2) is 0 Å². The Morgan fingerprint density at radius 2 is 1.44 bits per heavy atom. The maximum absolute atomic E-state index is 10.4. The van der Waals surface area contributed by atoms with E-state index in [-0.39, 0.29) is 0 Å². The topological polar surface area (TPSA) is 43.1 Å². The summed E-state index contributed by atoms with van der Waals surface area (Å²) in [6, 6.07) is 0.404. The number of hydrogen-bond acceptors (Lipinski definition) is 2. The summed E-state index contributed by atoms with van der Waals surface area (Å²) >= 11 is 0. The minimum Gasteiger partial charge on any atom is -0.328 e. The van der Waals surface area contributed by atoms with Crippen molar-refractivity contribution in [1.82, 2.24) is 0 Å². The van der Waals surface area contributed by atoms with Crippen LogP contribution in [0.25, 0.3) is 0 Å². The van der Waals surface area contributed by atoms with E-state index in [1.54, 1.807) is 6.92 Å². The molecule has 0 fully saturated rings. The van der Waals surface area contributed by atoms with Crippen LogP contribution in [0.4, 0.5) is 0 Å². The molecule has 0 amide bonds. The van der Waals surface area contributed by atoms with Gasteiger partial charge in [0.25, 0.3) is 0 Å². The Hall–Kier alpha value is -0.370. The largest absolute Gasteiger partial charge is 0.328 e. The van der Waals surface area contributed by atoms with E-state index in [9.17, 15) is 4.79 Å². The smallest absolute Gasteiger partial charge is 0.129 e. The molecule has 1 atom stereocenters. The lowest BCUT2D eigenvalue weighted by Crippen LogP contribution is -2.13. The van der Waals surface area contributed by atoms with Gasteiger partial charge in [0.1, 0.15) is 5.78 Å². The molecule has 0 aromatic rings. The molecule has 0 saturated carbocycles. The molecule has 0 heterocycles. The highest BCUT2D eigenvalue weighted by molar-refractivity contribution is 5.75. The van der Waals surface area contributed by atoms with Gasteiger partial charge in [-0.2, -0.15) is 0 Å². The predicted octanol–water partition coefficient (Wildman–Crippen LogP) is 4.85. The highest BCUT2D eigenvalue weighted by atomic mass is 16.1. The maximum atomic E-state index is 10.4. The van der Waals surface area contributed by atoms with Gasteiger partial charge < -0.3 is 10.5 Å². The lowest BCUT2D eigenvalue weighted by atomic mass is 10.1. The Kier molecular flexibility index (Phi) is 18.4. The van der Waals surface area contributed by atoms with Crippen molar-refractivity contribution in [3.8, 4) is 0 Å². The third-order valence-corrected chi connectivity index (χ3v) is 2.90. The molecule has 0 aliphatic heterocycles. The van der Waals surface area contributed by atoms with Gasteiger partial charge in [0.05, 0.1) is 0 Å². The number of rotatable bonds is 10. The van der Waals surface area contributed by atoms with Crippen molar-refractivity contribution in [2.24, 2.45) is 5.73 Å². The summed E-state index contributed by atoms with van der Waals surface area (Å²) in [4.78, 5) is 10.4. The van der Waals surface area contributed by atoms with Crippen molar-refractivity contribution in [2.45, 2.75) is 97.9 Å². The van der Waals surface area contributed by atoms with Crippen molar-refractivity contribution < 1.29 is 4.79 Å². The van der Waals surface area contributed by atoms with E-state index in [2.05, 4.69) is 20.8 Å². The quantitative estimate of drug-likeness (QED) is 0.568. The maximum Gasteiger partial charge on any atom is 0.129 e. The van der Waals surface area contributed by atoms with E-state index in [0.717, 1.165) is 12.8 Å². The molecule has 2 nitrogen and oxygen atoms in total. The number of carbonyl (C=O) groups is 1. The zero-order valence-corrected chi connectivity index (χ0v) is 13.1. The average molecular weight is 257 g/mol. The van der Waals surface area contributed by atoms with Gasteiger partial charge in [-0.3, -0.25) is 0 Å². The number of Topliss-reactive ketones (excluding diaryl/α,β-unsaturated/α-hetero) is 1. The summed E-state index contributed by atoms with van der Waals surface area (Å²) in [6.45, 7) is 8.14. The molecule has 0 radical (unpaired) electrons. The molecule has 18 heavy (non-hydrogen) atoms. The SMILES string of the molecule is CCCCCCC(C)=O.CCCCCC[C@H](C)N. The van der Waals surface area contributed by atoms with Crippen LogP contribution in [-0.4, -0.2) is 11.8 Å². The summed E-state index contributed by atoms with van der Waals surface area (Å²) in [5, 5.41) is 0. The standard InChI is InChI=1S/C8H19N.C8H16O/c2*1-3-4-5-6-7-8(2)9/h8H,3-7,9H2,1-2H3;3-7H2,1-2H3/t8-;/m0./s1. The fourth-order valence-corrected chi connectivity index (χ4v) is 1.69. The predicted molar refractivity (Wildman–Crippen MR) is 81.8 cm³/mol. The molecule has 2 N–H and O–H groups in total. The molecule has 2 heteroatoms. The summed E-state index contributed by atoms with van der Waals surface area (Å²) in [6.07, 6.45) is 12.2. The summed E-state index contributed by atoms with van der Waals surface area (Å²) < 4.78 is 0. The molecular formula is C16H35NO. The van der Waals surface area contributed by atoms with Gasteiger partial charge in [-0.05, 0) is 26.7 Å². The first kappa shape index (κ1) is 20.0. The number of nitrogens with two attached hydrogens (primary N) is 1. The second-order valence-corrected chi connectivity index (χ2v) is 5.34. The molecule has 0 aromatic heterocycles. The van der Waals surface area contributed by atoms with Crippen LogP contribution >= 0.6 is 0 Å². The number of carbonyl (C=O) groups excluding carboxylic acids is 1. The molecule has 0 saturated heterocycles. The zero-order chi connectivity index (χ0) is 14.2. The molecule has 0 aliphatic rings. The van der Waals surface area contributed by atoms with E-state index in [1.807, 2.05) is 0 Å². The lowest BCUT2D eigenvalue weighted by molar-refractivity contribution is -0.117. The van der Waals surface area contributed by atoms with Crippen molar-refractivity contribution in [3.05, 3.63) is 0 Å². The third-order valence-electron chi connectivity index (χ3n) is 2.90.